The molecule has 1 rings (SSSR count). The summed E-state index contributed by atoms with van der Waals surface area (Å²) in [5.74, 6) is -0.671. The maximum absolute atomic E-state index is 13.0. The summed E-state index contributed by atoms with van der Waals surface area (Å²) in [4.78, 5) is -0.210. The fourth-order valence-corrected chi connectivity index (χ4v) is 2.03. The lowest BCUT2D eigenvalue weighted by Gasteiger charge is -2.03. The topological polar surface area (TPSA) is 70.0 Å². The van der Waals surface area contributed by atoms with Crippen LogP contribution in [0.2, 0.25) is 0 Å². The largest absolute Gasteiger partial charge is 0.241 e. The Morgan fingerprint density at radius 3 is 2.73 bits per heavy atom. The number of hydrogen-bond donors (Lipinski definition) is 1. The predicted molar refractivity (Wildman–Crippen MR) is 54.9 cm³/mol. The van der Waals surface area contributed by atoms with Crippen LogP contribution in [0.5, 0.6) is 0 Å². The van der Waals surface area contributed by atoms with E-state index in [9.17, 15) is 12.8 Å². The highest BCUT2D eigenvalue weighted by Gasteiger charge is 2.14. The van der Waals surface area contributed by atoms with Gasteiger partial charge in [0, 0.05) is 0 Å². The summed E-state index contributed by atoms with van der Waals surface area (Å²) in [7, 11) is -3.80. The molecule has 80 valence electrons. The summed E-state index contributed by atoms with van der Waals surface area (Å²) >= 11 is 2.91. The zero-order valence-corrected chi connectivity index (χ0v) is 9.77. The predicted octanol–water partition coefficient (Wildman–Crippen LogP) is 1.39. The standard InChI is InChI=1S/C8H6BrFN2O2S/c9-7-2-1-6(5-8(7)10)15(13,14)12-4-3-11/h1-2,5,12H,4H2. The highest BCUT2D eigenvalue weighted by molar-refractivity contribution is 9.10. The van der Waals surface area contributed by atoms with Gasteiger partial charge in [0.05, 0.1) is 22.0 Å². The van der Waals surface area contributed by atoms with Crippen molar-refractivity contribution in [3.05, 3.63) is 28.5 Å². The lowest BCUT2D eigenvalue weighted by Crippen LogP contribution is -2.23. The molecule has 0 aliphatic carbocycles. The van der Waals surface area contributed by atoms with Crippen LogP contribution in [0.3, 0.4) is 0 Å². The maximum Gasteiger partial charge on any atom is 0.241 e. The minimum Gasteiger partial charge on any atom is -0.207 e. The Hall–Kier alpha value is -0.970. The SMILES string of the molecule is N#CCNS(=O)(=O)c1ccc(Br)c(F)c1. The summed E-state index contributed by atoms with van der Waals surface area (Å²) in [5.41, 5.74) is 0. The van der Waals surface area contributed by atoms with Gasteiger partial charge in [0.2, 0.25) is 10.0 Å². The Kier molecular flexibility index (Phi) is 3.79. The van der Waals surface area contributed by atoms with E-state index in [1.807, 2.05) is 4.72 Å². The van der Waals surface area contributed by atoms with Gasteiger partial charge in [0.15, 0.2) is 0 Å². The summed E-state index contributed by atoms with van der Waals surface area (Å²) in [6.45, 7) is -0.347. The minimum absolute atomic E-state index is 0.182. The molecule has 0 fully saturated rings. The zero-order valence-electron chi connectivity index (χ0n) is 7.37. The molecule has 7 heteroatoms. The van der Waals surface area contributed by atoms with Gasteiger partial charge in [-0.25, -0.2) is 12.8 Å². The lowest BCUT2D eigenvalue weighted by molar-refractivity contribution is 0.580. The molecule has 0 radical (unpaired) electrons. The van der Waals surface area contributed by atoms with Crippen molar-refractivity contribution < 1.29 is 12.8 Å². The molecule has 0 saturated carbocycles. The van der Waals surface area contributed by atoms with Crippen molar-refractivity contribution in [1.29, 1.82) is 5.26 Å². The third kappa shape index (κ3) is 2.99. The van der Waals surface area contributed by atoms with Crippen LogP contribution in [0.15, 0.2) is 27.6 Å². The molecule has 0 bridgehead atoms. The van der Waals surface area contributed by atoms with Crippen molar-refractivity contribution >= 4 is 26.0 Å². The number of nitriles is 1. The Morgan fingerprint density at radius 2 is 2.20 bits per heavy atom. The van der Waals surface area contributed by atoms with Gasteiger partial charge >= 0.3 is 0 Å². The smallest absolute Gasteiger partial charge is 0.207 e. The number of nitrogens with zero attached hydrogens (tertiary/aromatic N) is 1. The molecular weight excluding hydrogens is 287 g/mol. The number of rotatable bonds is 3. The third-order valence-electron chi connectivity index (χ3n) is 1.54. The van der Waals surface area contributed by atoms with Crippen molar-refractivity contribution in [2.45, 2.75) is 4.90 Å². The van der Waals surface area contributed by atoms with Crippen molar-refractivity contribution in [3.8, 4) is 6.07 Å². The van der Waals surface area contributed by atoms with Crippen molar-refractivity contribution in [2.75, 3.05) is 6.54 Å². The van der Waals surface area contributed by atoms with Crippen LogP contribution in [-0.2, 0) is 10.0 Å². The van der Waals surface area contributed by atoms with Crippen LogP contribution in [0, 0.1) is 17.1 Å². The number of nitrogens with one attached hydrogen (secondary N) is 1. The third-order valence-corrected chi connectivity index (χ3v) is 3.58. The molecule has 1 aromatic carbocycles. The Labute approximate surface area is 94.9 Å². The Bertz CT molecular complexity index is 510. The van der Waals surface area contributed by atoms with E-state index in [-0.39, 0.29) is 15.9 Å². The lowest BCUT2D eigenvalue weighted by atomic mass is 10.3. The van der Waals surface area contributed by atoms with Gasteiger partial charge in [-0.2, -0.15) is 9.98 Å². The summed E-state index contributed by atoms with van der Waals surface area (Å²) in [6, 6.07) is 5.04. The molecule has 0 amide bonds. The monoisotopic (exact) mass is 292 g/mol. The molecule has 4 nitrogen and oxygen atoms in total. The summed E-state index contributed by atoms with van der Waals surface area (Å²) in [5, 5.41) is 8.22. The molecule has 1 aromatic rings. The molecule has 0 heterocycles. The van der Waals surface area contributed by atoms with Gasteiger partial charge in [-0.3, -0.25) is 0 Å². The summed E-state index contributed by atoms with van der Waals surface area (Å²) < 4.78 is 38.0. The second-order valence-electron chi connectivity index (χ2n) is 2.56. The zero-order chi connectivity index (χ0) is 11.5. The van der Waals surface area contributed by atoms with Gasteiger partial charge in [-0.05, 0) is 34.1 Å². The number of halogens is 2. The van der Waals surface area contributed by atoms with Gasteiger partial charge in [-0.1, -0.05) is 0 Å². The van der Waals surface area contributed by atoms with Crippen molar-refractivity contribution in [1.82, 2.24) is 4.72 Å². The van der Waals surface area contributed by atoms with Crippen LogP contribution in [0.25, 0.3) is 0 Å². The first-order chi connectivity index (χ1) is 6.97. The fraction of sp³-hybridized carbons (Fsp3) is 0.125. The number of hydrogen-bond acceptors (Lipinski definition) is 3. The molecule has 0 aliphatic rings. The first-order valence-electron chi connectivity index (χ1n) is 3.79. The van der Waals surface area contributed by atoms with E-state index >= 15 is 0 Å². The highest BCUT2D eigenvalue weighted by atomic mass is 79.9. The molecule has 0 saturated heterocycles. The normalized spacial score (nSPS) is 11.0. The molecule has 0 spiro atoms. The highest BCUT2D eigenvalue weighted by Crippen LogP contribution is 2.18. The second kappa shape index (κ2) is 4.70. The second-order valence-corrected chi connectivity index (χ2v) is 5.18. The van der Waals surface area contributed by atoms with Gasteiger partial charge in [-0.15, -0.1) is 0 Å². The fourth-order valence-electron chi connectivity index (χ4n) is 0.855. The molecule has 0 unspecified atom stereocenters. The van der Waals surface area contributed by atoms with Crippen molar-refractivity contribution in [2.24, 2.45) is 0 Å². The van der Waals surface area contributed by atoms with Crippen LogP contribution in [0.1, 0.15) is 0 Å². The van der Waals surface area contributed by atoms with Crippen LogP contribution >= 0.6 is 15.9 Å². The van der Waals surface area contributed by atoms with E-state index in [1.165, 1.54) is 12.1 Å². The van der Waals surface area contributed by atoms with Crippen LogP contribution in [-0.4, -0.2) is 15.0 Å². The van der Waals surface area contributed by atoms with Gasteiger partial charge < -0.3 is 0 Å². The van der Waals surface area contributed by atoms with E-state index in [2.05, 4.69) is 15.9 Å². The summed E-state index contributed by atoms with van der Waals surface area (Å²) in [6.07, 6.45) is 0. The van der Waals surface area contributed by atoms with Crippen LogP contribution in [0.4, 0.5) is 4.39 Å². The molecule has 0 aliphatic heterocycles. The van der Waals surface area contributed by atoms with E-state index < -0.39 is 15.8 Å². The first kappa shape index (κ1) is 12.1. The first-order valence-corrected chi connectivity index (χ1v) is 6.06. The van der Waals surface area contributed by atoms with Crippen LogP contribution < -0.4 is 4.72 Å². The number of benzene rings is 1. The van der Waals surface area contributed by atoms with E-state index in [0.29, 0.717) is 0 Å². The molecular formula is C8H6BrFN2O2S. The quantitative estimate of drug-likeness (QED) is 0.856. The van der Waals surface area contributed by atoms with E-state index in [1.54, 1.807) is 6.07 Å². The Morgan fingerprint density at radius 1 is 1.53 bits per heavy atom. The van der Waals surface area contributed by atoms with Crippen molar-refractivity contribution in [3.63, 3.8) is 0 Å². The average molecular weight is 293 g/mol. The molecule has 0 atom stereocenters. The minimum atomic E-state index is -3.80. The molecule has 1 N–H and O–H groups in total. The van der Waals surface area contributed by atoms with Gasteiger partial charge in [0.1, 0.15) is 5.82 Å². The molecule has 15 heavy (non-hydrogen) atoms. The average Bonchev–Trinajstić information content (AvgIpc) is 2.19. The van der Waals surface area contributed by atoms with E-state index in [4.69, 9.17) is 5.26 Å². The molecule has 0 aromatic heterocycles. The number of sulfonamides is 1. The van der Waals surface area contributed by atoms with Gasteiger partial charge in [0.25, 0.3) is 0 Å². The van der Waals surface area contributed by atoms with E-state index in [0.717, 1.165) is 6.07 Å². The maximum atomic E-state index is 13.0. The Balaban J connectivity index is 3.07.